The van der Waals surface area contributed by atoms with Crippen LogP contribution in [0.4, 0.5) is 0 Å². The molecule has 0 saturated heterocycles. The summed E-state index contributed by atoms with van der Waals surface area (Å²) in [7, 11) is 0. The lowest BCUT2D eigenvalue weighted by Gasteiger charge is -2.15. The summed E-state index contributed by atoms with van der Waals surface area (Å²) in [5.41, 5.74) is 9.12. The molecule has 1 radical (unpaired) electrons. The maximum absolute atomic E-state index is 2.41. The van der Waals surface area contributed by atoms with Gasteiger partial charge in [0.1, 0.15) is 0 Å². The van der Waals surface area contributed by atoms with Gasteiger partial charge in [-0.2, -0.15) is 0 Å². The van der Waals surface area contributed by atoms with Crippen molar-refractivity contribution >= 4 is 0 Å². The van der Waals surface area contributed by atoms with E-state index in [1.54, 1.807) is 16.7 Å². The molecular weight excluding hydrogens is 264 g/mol. The highest BCUT2D eigenvalue weighted by atomic mass is 14.3. The van der Waals surface area contributed by atoms with Crippen LogP contribution in [0.1, 0.15) is 67.2 Å². The molecule has 0 unspecified atom stereocenters. The number of hydrogen-bond acceptors (Lipinski definition) is 0. The van der Waals surface area contributed by atoms with E-state index in [9.17, 15) is 0 Å². The van der Waals surface area contributed by atoms with E-state index in [1.807, 2.05) is 0 Å². The number of hydrogen-bond donors (Lipinski definition) is 0. The van der Waals surface area contributed by atoms with Crippen molar-refractivity contribution in [2.24, 2.45) is 0 Å². The second-order valence-corrected chi connectivity index (χ2v) is 6.87. The van der Waals surface area contributed by atoms with Crippen LogP contribution in [0, 0.1) is 6.42 Å². The fraction of sp³-hybridized carbons (Fsp3) is 0.409. The molecule has 0 heteroatoms. The second kappa shape index (κ2) is 6.28. The van der Waals surface area contributed by atoms with Crippen LogP contribution in [0.3, 0.4) is 0 Å². The number of aryl methyl sites for hydroxylation is 1. The van der Waals surface area contributed by atoms with Crippen molar-refractivity contribution < 1.29 is 0 Å². The Kier molecular flexibility index (Phi) is 4.01. The maximum Gasteiger partial charge on any atom is 0.0212 e. The van der Waals surface area contributed by atoms with Crippen molar-refractivity contribution in [1.82, 2.24) is 0 Å². The summed E-state index contributed by atoms with van der Waals surface area (Å²) >= 11 is 0. The molecule has 113 valence electrons. The summed E-state index contributed by atoms with van der Waals surface area (Å²) in [6.45, 7) is 0. The highest BCUT2D eigenvalue weighted by molar-refractivity contribution is 5.84. The minimum absolute atomic E-state index is 1.26. The van der Waals surface area contributed by atoms with E-state index >= 15 is 0 Å². The Morgan fingerprint density at radius 3 is 2.18 bits per heavy atom. The van der Waals surface area contributed by atoms with Crippen LogP contribution < -0.4 is 0 Å². The average Bonchev–Trinajstić information content (AvgIpc) is 2.90. The molecule has 22 heavy (non-hydrogen) atoms. The van der Waals surface area contributed by atoms with Gasteiger partial charge in [-0.1, -0.05) is 68.5 Å². The zero-order valence-electron chi connectivity index (χ0n) is 13.4. The first-order valence-corrected chi connectivity index (χ1v) is 9.02. The lowest BCUT2D eigenvalue weighted by atomic mass is 9.89. The molecule has 0 saturated carbocycles. The van der Waals surface area contributed by atoms with Gasteiger partial charge in [0.25, 0.3) is 0 Å². The zero-order chi connectivity index (χ0) is 14.8. The molecule has 2 aliphatic rings. The first-order chi connectivity index (χ1) is 10.9. The molecule has 4 rings (SSSR count). The predicted molar refractivity (Wildman–Crippen MR) is 94.1 cm³/mol. The van der Waals surface area contributed by atoms with E-state index in [4.69, 9.17) is 0 Å². The molecule has 0 atom stereocenters. The summed E-state index contributed by atoms with van der Waals surface area (Å²) in [4.78, 5) is 0. The molecule has 0 fully saturated rings. The first kappa shape index (κ1) is 14.1. The van der Waals surface area contributed by atoms with Crippen LogP contribution >= 0.6 is 0 Å². The van der Waals surface area contributed by atoms with Crippen LogP contribution in [0.15, 0.2) is 36.4 Å². The molecule has 0 nitrogen and oxygen atoms in total. The summed E-state index contributed by atoms with van der Waals surface area (Å²) < 4.78 is 0. The van der Waals surface area contributed by atoms with Crippen molar-refractivity contribution in [3.63, 3.8) is 0 Å². The third-order valence-corrected chi connectivity index (χ3v) is 5.36. The van der Waals surface area contributed by atoms with Crippen LogP contribution in [0.5, 0.6) is 0 Å². The average molecular weight is 289 g/mol. The summed E-state index contributed by atoms with van der Waals surface area (Å²) in [5.74, 6) is 0. The van der Waals surface area contributed by atoms with Crippen molar-refractivity contribution in [3.05, 3.63) is 65.1 Å². The molecule has 0 aromatic heterocycles. The molecular formula is C22H25. The van der Waals surface area contributed by atoms with Crippen molar-refractivity contribution in [2.75, 3.05) is 0 Å². The van der Waals surface area contributed by atoms with Gasteiger partial charge >= 0.3 is 0 Å². The molecule has 0 N–H and O–H groups in total. The van der Waals surface area contributed by atoms with E-state index in [-0.39, 0.29) is 0 Å². The monoisotopic (exact) mass is 289 g/mol. The van der Waals surface area contributed by atoms with Crippen LogP contribution in [0.2, 0.25) is 0 Å². The van der Waals surface area contributed by atoms with Gasteiger partial charge in [0.2, 0.25) is 0 Å². The van der Waals surface area contributed by atoms with Crippen molar-refractivity contribution in [2.45, 2.75) is 57.8 Å². The summed E-state index contributed by atoms with van der Waals surface area (Å²) in [6.07, 6.45) is 14.7. The normalized spacial score (nSPS) is 18.0. The van der Waals surface area contributed by atoms with Gasteiger partial charge in [0.05, 0.1) is 0 Å². The predicted octanol–water partition coefficient (Wildman–Crippen LogP) is 6.10. The van der Waals surface area contributed by atoms with Gasteiger partial charge in [-0.3, -0.25) is 0 Å². The van der Waals surface area contributed by atoms with E-state index in [0.29, 0.717) is 0 Å². The van der Waals surface area contributed by atoms with Crippen LogP contribution in [0.25, 0.3) is 11.1 Å². The zero-order valence-corrected chi connectivity index (χ0v) is 13.4. The quantitative estimate of drug-likeness (QED) is 0.469. The molecule has 0 aliphatic heterocycles. The van der Waals surface area contributed by atoms with Crippen LogP contribution in [-0.4, -0.2) is 0 Å². The van der Waals surface area contributed by atoms with E-state index in [0.717, 1.165) is 0 Å². The fourth-order valence-corrected chi connectivity index (χ4v) is 4.19. The minimum Gasteiger partial charge on any atom is -0.0619 e. The van der Waals surface area contributed by atoms with E-state index in [2.05, 4.69) is 42.8 Å². The molecule has 0 heterocycles. The second-order valence-electron chi connectivity index (χ2n) is 6.87. The van der Waals surface area contributed by atoms with E-state index < -0.39 is 0 Å². The Labute approximate surface area is 134 Å². The third kappa shape index (κ3) is 2.60. The highest BCUT2D eigenvalue weighted by Gasteiger charge is 2.23. The van der Waals surface area contributed by atoms with Gasteiger partial charge < -0.3 is 0 Å². The number of rotatable bonds is 0. The van der Waals surface area contributed by atoms with Gasteiger partial charge in [-0.05, 0) is 59.1 Å². The highest BCUT2D eigenvalue weighted by Crippen LogP contribution is 2.42. The maximum atomic E-state index is 2.41. The Morgan fingerprint density at radius 1 is 0.591 bits per heavy atom. The van der Waals surface area contributed by atoms with Gasteiger partial charge in [-0.25, -0.2) is 0 Å². The molecule has 0 spiro atoms. The lowest BCUT2D eigenvalue weighted by molar-refractivity contribution is 0.587. The fourth-order valence-electron chi connectivity index (χ4n) is 4.19. The Balaban J connectivity index is 1.77. The summed E-state index contributed by atoms with van der Waals surface area (Å²) in [6, 6.07) is 13.7. The SMILES string of the molecule is [CH]1c2ccccc2-c2c1ccc1c2CCCCCCCCC1. The van der Waals surface area contributed by atoms with Crippen molar-refractivity contribution in [3.8, 4) is 11.1 Å². The van der Waals surface area contributed by atoms with E-state index in [1.165, 1.54) is 74.5 Å². The molecule has 2 aromatic carbocycles. The topological polar surface area (TPSA) is 0 Å². The Morgan fingerprint density at radius 2 is 1.32 bits per heavy atom. The molecule has 0 amide bonds. The Bertz CT molecular complexity index is 666. The summed E-state index contributed by atoms with van der Waals surface area (Å²) in [5, 5.41) is 0. The first-order valence-electron chi connectivity index (χ1n) is 9.02. The Hall–Kier alpha value is -1.56. The van der Waals surface area contributed by atoms with Gasteiger partial charge in [0, 0.05) is 6.42 Å². The van der Waals surface area contributed by atoms with Gasteiger partial charge in [0.15, 0.2) is 0 Å². The third-order valence-electron chi connectivity index (χ3n) is 5.36. The van der Waals surface area contributed by atoms with Crippen LogP contribution in [-0.2, 0) is 12.8 Å². The molecule has 2 aliphatic carbocycles. The standard InChI is InChI=1S/C22H25/c1-2-4-6-10-17-14-15-19-16-18-11-8-9-13-21(18)22(19)20(17)12-7-5-3-1/h8-9,11,13-16H,1-7,10,12H2. The smallest absolute Gasteiger partial charge is 0.0212 e. The largest absolute Gasteiger partial charge is 0.0619 e. The lowest BCUT2D eigenvalue weighted by Crippen LogP contribution is -1.99. The van der Waals surface area contributed by atoms with Crippen molar-refractivity contribution in [1.29, 1.82) is 0 Å². The van der Waals surface area contributed by atoms with Gasteiger partial charge in [-0.15, -0.1) is 0 Å². The minimum atomic E-state index is 1.26. The molecule has 0 bridgehead atoms. The number of fused-ring (bicyclic) bond motifs is 5. The molecule has 2 aromatic rings. The number of benzene rings is 2.